The Labute approximate surface area is 165 Å². The molecule has 0 aliphatic heterocycles. The van der Waals surface area contributed by atoms with E-state index in [9.17, 15) is 9.59 Å². The Balaban J connectivity index is 1.83. The zero-order valence-corrected chi connectivity index (χ0v) is 16.6. The molecule has 5 N–H and O–H groups in total. The van der Waals surface area contributed by atoms with Crippen molar-refractivity contribution in [2.24, 2.45) is 5.73 Å². The van der Waals surface area contributed by atoms with Crippen LogP contribution in [0.4, 0.5) is 5.69 Å². The van der Waals surface area contributed by atoms with Crippen molar-refractivity contribution in [3.8, 4) is 5.75 Å². The Morgan fingerprint density at radius 1 is 1.29 bits per heavy atom. The van der Waals surface area contributed by atoms with Crippen LogP contribution in [0.1, 0.15) is 26.7 Å². The van der Waals surface area contributed by atoms with E-state index in [2.05, 4.69) is 27.9 Å². The lowest BCUT2D eigenvalue weighted by Crippen LogP contribution is -2.46. The van der Waals surface area contributed by atoms with Crippen LogP contribution in [0.2, 0.25) is 0 Å². The van der Waals surface area contributed by atoms with Crippen LogP contribution in [0.25, 0.3) is 10.9 Å². The number of ether oxygens (including phenoxy) is 1. The molecule has 8 nitrogen and oxygen atoms in total. The summed E-state index contributed by atoms with van der Waals surface area (Å²) >= 11 is 0. The van der Waals surface area contributed by atoms with Crippen molar-refractivity contribution in [2.45, 2.75) is 38.8 Å². The average Bonchev–Trinajstić information content (AvgIpc) is 2.70. The van der Waals surface area contributed by atoms with E-state index >= 15 is 0 Å². The first kappa shape index (κ1) is 21.4. The summed E-state index contributed by atoms with van der Waals surface area (Å²) in [4.78, 5) is 27.6. The predicted octanol–water partition coefficient (Wildman–Crippen LogP) is 1.40. The van der Waals surface area contributed by atoms with Gasteiger partial charge in [-0.3, -0.25) is 14.6 Å². The molecule has 8 heteroatoms. The number of aromatic nitrogens is 1. The van der Waals surface area contributed by atoms with E-state index in [4.69, 9.17) is 10.5 Å². The number of methoxy groups -OCH3 is 1. The van der Waals surface area contributed by atoms with Crippen molar-refractivity contribution in [2.75, 3.05) is 25.5 Å². The fourth-order valence-corrected chi connectivity index (χ4v) is 2.87. The molecule has 0 aliphatic carbocycles. The lowest BCUT2D eigenvalue weighted by molar-refractivity contribution is -0.127. The largest absolute Gasteiger partial charge is 0.497 e. The highest BCUT2D eigenvalue weighted by molar-refractivity contribution is 5.92. The fraction of sp³-hybridized carbons (Fsp3) is 0.450. The SMILES string of the molecule is COc1cc(NC(C)CCCNC(=O)[C@H](C)NC(=O)CN)c2ncccc2c1. The Bertz CT molecular complexity index is 812. The first-order valence-corrected chi connectivity index (χ1v) is 9.41. The summed E-state index contributed by atoms with van der Waals surface area (Å²) in [7, 11) is 1.64. The van der Waals surface area contributed by atoms with Crippen molar-refractivity contribution in [3.63, 3.8) is 0 Å². The van der Waals surface area contributed by atoms with Crippen LogP contribution >= 0.6 is 0 Å². The highest BCUT2D eigenvalue weighted by Crippen LogP contribution is 2.28. The zero-order chi connectivity index (χ0) is 20.5. The molecule has 0 spiro atoms. The molecule has 2 rings (SSSR count). The van der Waals surface area contributed by atoms with Gasteiger partial charge < -0.3 is 26.4 Å². The van der Waals surface area contributed by atoms with Gasteiger partial charge in [-0.25, -0.2) is 0 Å². The number of pyridine rings is 1. The van der Waals surface area contributed by atoms with Crippen molar-refractivity contribution >= 4 is 28.4 Å². The van der Waals surface area contributed by atoms with E-state index in [-0.39, 0.29) is 24.4 Å². The summed E-state index contributed by atoms with van der Waals surface area (Å²) < 4.78 is 5.37. The predicted molar refractivity (Wildman–Crippen MR) is 110 cm³/mol. The summed E-state index contributed by atoms with van der Waals surface area (Å²) in [6.45, 7) is 4.12. The number of rotatable bonds is 10. The quantitative estimate of drug-likeness (QED) is 0.458. The van der Waals surface area contributed by atoms with Gasteiger partial charge in [-0.05, 0) is 38.8 Å². The van der Waals surface area contributed by atoms with Gasteiger partial charge in [-0.1, -0.05) is 6.07 Å². The van der Waals surface area contributed by atoms with Crippen molar-refractivity contribution < 1.29 is 14.3 Å². The molecule has 1 unspecified atom stereocenters. The molecule has 2 amide bonds. The van der Waals surface area contributed by atoms with E-state index in [1.54, 1.807) is 20.2 Å². The molecule has 1 aromatic heterocycles. The molecule has 2 aromatic rings. The Hall–Kier alpha value is -2.87. The molecule has 0 radical (unpaired) electrons. The second kappa shape index (κ2) is 10.5. The van der Waals surface area contributed by atoms with Crippen LogP contribution < -0.4 is 26.4 Å². The summed E-state index contributed by atoms with van der Waals surface area (Å²) in [6.07, 6.45) is 3.42. The maximum absolute atomic E-state index is 11.9. The number of carbonyl (C=O) groups is 2. The van der Waals surface area contributed by atoms with Gasteiger partial charge in [-0.15, -0.1) is 0 Å². The molecule has 28 heavy (non-hydrogen) atoms. The highest BCUT2D eigenvalue weighted by Gasteiger charge is 2.14. The van der Waals surface area contributed by atoms with Crippen LogP contribution in [0.3, 0.4) is 0 Å². The topological polar surface area (TPSA) is 118 Å². The van der Waals surface area contributed by atoms with Gasteiger partial charge in [0.2, 0.25) is 11.8 Å². The molecule has 2 atom stereocenters. The molecule has 0 aliphatic rings. The average molecular weight is 387 g/mol. The lowest BCUT2D eigenvalue weighted by atomic mass is 10.1. The standard InChI is InChI=1S/C20H29N5O3/c1-13(6-4-9-23-20(27)14(2)25-18(26)12-21)24-17-11-16(28-3)10-15-7-5-8-22-19(15)17/h5,7-8,10-11,13-14,24H,4,6,9,12,21H2,1-3H3,(H,23,27)(H,25,26)/t13?,14-/m0/s1. The first-order chi connectivity index (χ1) is 13.4. The summed E-state index contributed by atoms with van der Waals surface area (Å²) in [5.41, 5.74) is 7.05. The van der Waals surface area contributed by atoms with Crippen LogP contribution in [0, 0.1) is 0 Å². The molecule has 0 bridgehead atoms. The van der Waals surface area contributed by atoms with Gasteiger partial charge in [0.05, 0.1) is 24.9 Å². The van der Waals surface area contributed by atoms with Crippen molar-refractivity contribution in [1.29, 1.82) is 0 Å². The molecule has 0 saturated carbocycles. The third-order valence-electron chi connectivity index (χ3n) is 4.39. The zero-order valence-electron chi connectivity index (χ0n) is 16.6. The number of nitrogens with two attached hydrogens (primary N) is 1. The van der Waals surface area contributed by atoms with Crippen molar-refractivity contribution in [3.05, 3.63) is 30.5 Å². The maximum atomic E-state index is 11.9. The number of hydrogen-bond donors (Lipinski definition) is 4. The van der Waals surface area contributed by atoms with Crippen LogP contribution in [0.5, 0.6) is 5.75 Å². The van der Waals surface area contributed by atoms with Gasteiger partial charge in [0, 0.05) is 30.2 Å². The van der Waals surface area contributed by atoms with E-state index in [0.717, 1.165) is 35.2 Å². The first-order valence-electron chi connectivity index (χ1n) is 9.41. The van der Waals surface area contributed by atoms with E-state index < -0.39 is 6.04 Å². The van der Waals surface area contributed by atoms with Gasteiger partial charge in [0.1, 0.15) is 11.8 Å². The maximum Gasteiger partial charge on any atom is 0.242 e. The summed E-state index contributed by atoms with van der Waals surface area (Å²) in [5.74, 6) is 0.209. The third-order valence-corrected chi connectivity index (χ3v) is 4.39. The Kier molecular flexibility index (Phi) is 8.01. The molecule has 1 heterocycles. The van der Waals surface area contributed by atoms with Gasteiger partial charge in [0.15, 0.2) is 0 Å². The van der Waals surface area contributed by atoms with Crippen LogP contribution in [-0.4, -0.2) is 49.1 Å². The van der Waals surface area contributed by atoms with Gasteiger partial charge >= 0.3 is 0 Å². The van der Waals surface area contributed by atoms with Gasteiger partial charge in [-0.2, -0.15) is 0 Å². The highest BCUT2D eigenvalue weighted by atomic mass is 16.5. The Morgan fingerprint density at radius 2 is 2.07 bits per heavy atom. The number of amides is 2. The minimum absolute atomic E-state index is 0.130. The minimum atomic E-state index is -0.596. The molecule has 0 saturated heterocycles. The third kappa shape index (κ3) is 6.09. The number of benzene rings is 1. The summed E-state index contributed by atoms with van der Waals surface area (Å²) in [6, 6.07) is 7.38. The molecule has 1 aromatic carbocycles. The minimum Gasteiger partial charge on any atom is -0.497 e. The smallest absolute Gasteiger partial charge is 0.242 e. The molecular formula is C20H29N5O3. The Morgan fingerprint density at radius 3 is 2.79 bits per heavy atom. The summed E-state index contributed by atoms with van der Waals surface area (Å²) in [5, 5.41) is 9.85. The monoisotopic (exact) mass is 387 g/mol. The second-order valence-electron chi connectivity index (χ2n) is 6.72. The number of nitrogens with one attached hydrogen (secondary N) is 3. The van der Waals surface area contributed by atoms with Gasteiger partial charge in [0.25, 0.3) is 0 Å². The van der Waals surface area contributed by atoms with Crippen LogP contribution in [0.15, 0.2) is 30.5 Å². The van der Waals surface area contributed by atoms with E-state index in [0.29, 0.717) is 6.54 Å². The fourth-order valence-electron chi connectivity index (χ4n) is 2.87. The van der Waals surface area contributed by atoms with Crippen LogP contribution in [-0.2, 0) is 9.59 Å². The lowest BCUT2D eigenvalue weighted by Gasteiger charge is -2.18. The number of hydrogen-bond acceptors (Lipinski definition) is 6. The number of nitrogens with zero attached hydrogens (tertiary/aromatic N) is 1. The van der Waals surface area contributed by atoms with E-state index in [1.165, 1.54) is 0 Å². The second-order valence-corrected chi connectivity index (χ2v) is 6.72. The molecular weight excluding hydrogens is 358 g/mol. The van der Waals surface area contributed by atoms with Crippen molar-refractivity contribution in [1.82, 2.24) is 15.6 Å². The van der Waals surface area contributed by atoms with E-state index in [1.807, 2.05) is 24.3 Å². The molecule has 0 fully saturated rings. The molecule has 152 valence electrons. The number of fused-ring (bicyclic) bond motifs is 1. The number of carbonyl (C=O) groups excluding carboxylic acids is 2. The normalized spacial score (nSPS) is 12.9. The number of anilines is 1.